The minimum absolute atomic E-state index is 0.254. The number of anilines is 3. The summed E-state index contributed by atoms with van der Waals surface area (Å²) in [7, 11) is 0. The Labute approximate surface area is 304 Å². The molecule has 0 fully saturated rings. The van der Waals surface area contributed by atoms with Gasteiger partial charge in [0, 0.05) is 23.0 Å². The molecule has 0 heterocycles. The highest BCUT2D eigenvalue weighted by Crippen LogP contribution is 2.49. The van der Waals surface area contributed by atoms with Gasteiger partial charge in [-0.25, -0.2) is 0 Å². The Bertz CT molecular complexity index is 2710. The molecule has 1 aliphatic rings. The topological polar surface area (TPSA) is 3.24 Å². The van der Waals surface area contributed by atoms with Gasteiger partial charge in [-0.15, -0.1) is 0 Å². The normalized spacial score (nSPS) is 13.2. The lowest BCUT2D eigenvalue weighted by molar-refractivity contribution is 1.02. The van der Waals surface area contributed by atoms with Crippen molar-refractivity contribution in [2.24, 2.45) is 0 Å². The second-order valence-corrected chi connectivity index (χ2v) is 13.7. The molecule has 1 heteroatoms. The van der Waals surface area contributed by atoms with E-state index in [1.165, 1.54) is 71.6 Å². The molecule has 0 saturated carbocycles. The summed E-state index contributed by atoms with van der Waals surface area (Å²) in [6.45, 7) is 0. The molecule has 52 heavy (non-hydrogen) atoms. The average Bonchev–Trinajstić information content (AvgIpc) is 3.56. The van der Waals surface area contributed by atoms with Crippen molar-refractivity contribution in [1.82, 2.24) is 0 Å². The van der Waals surface area contributed by atoms with Crippen LogP contribution in [0.5, 0.6) is 0 Å². The van der Waals surface area contributed by atoms with Crippen molar-refractivity contribution < 1.29 is 0 Å². The van der Waals surface area contributed by atoms with Crippen LogP contribution in [0.25, 0.3) is 54.9 Å². The quantitative estimate of drug-likeness (QED) is 0.160. The van der Waals surface area contributed by atoms with Crippen molar-refractivity contribution in [2.45, 2.75) is 5.92 Å². The van der Waals surface area contributed by atoms with Crippen molar-refractivity contribution >= 4 is 38.6 Å². The number of fused-ring (bicyclic) bond motifs is 6. The maximum Gasteiger partial charge on any atom is 0.0468 e. The molecule has 0 spiro atoms. The standard InChI is InChI=1S/C51H35N/c1-3-11-35(12-4-1)36-21-27-42(28-22-36)52(44-31-25-39-20-19-38-13-7-8-16-45(38)49(39)34-44)43-29-23-37(24-30-43)41-26-32-48-50(33-41)46-17-9-10-18-47(46)51(48)40-14-5-2-6-15-40/h1-34,51H. The Kier molecular flexibility index (Phi) is 7.29. The molecule has 10 rings (SSSR count). The molecule has 1 atom stereocenters. The number of hydrogen-bond donors (Lipinski definition) is 0. The summed E-state index contributed by atoms with van der Waals surface area (Å²) in [5.74, 6) is 0.254. The van der Waals surface area contributed by atoms with E-state index in [0.717, 1.165) is 17.1 Å². The summed E-state index contributed by atoms with van der Waals surface area (Å²) < 4.78 is 0. The zero-order valence-corrected chi connectivity index (χ0v) is 28.7. The van der Waals surface area contributed by atoms with E-state index in [0.29, 0.717) is 0 Å². The predicted molar refractivity (Wildman–Crippen MR) is 220 cm³/mol. The first kappa shape index (κ1) is 30.2. The minimum atomic E-state index is 0.254. The third-order valence-corrected chi connectivity index (χ3v) is 10.7. The summed E-state index contributed by atoms with van der Waals surface area (Å²) in [6, 6.07) is 75.4. The first-order valence-corrected chi connectivity index (χ1v) is 18.0. The van der Waals surface area contributed by atoms with Crippen LogP contribution in [0.3, 0.4) is 0 Å². The Hall–Kier alpha value is -6.70. The lowest BCUT2D eigenvalue weighted by Gasteiger charge is -2.26. The molecule has 1 unspecified atom stereocenters. The van der Waals surface area contributed by atoms with Gasteiger partial charge in [0.15, 0.2) is 0 Å². The van der Waals surface area contributed by atoms with Crippen LogP contribution in [0.15, 0.2) is 206 Å². The number of rotatable bonds is 6. The van der Waals surface area contributed by atoms with Crippen molar-refractivity contribution in [3.63, 3.8) is 0 Å². The van der Waals surface area contributed by atoms with Crippen LogP contribution < -0.4 is 4.90 Å². The number of hydrogen-bond acceptors (Lipinski definition) is 1. The molecule has 0 amide bonds. The molecule has 1 aliphatic carbocycles. The third-order valence-electron chi connectivity index (χ3n) is 10.7. The van der Waals surface area contributed by atoms with E-state index >= 15 is 0 Å². The maximum atomic E-state index is 2.39. The van der Waals surface area contributed by atoms with E-state index in [9.17, 15) is 0 Å². The number of nitrogens with zero attached hydrogens (tertiary/aromatic N) is 1. The Balaban J connectivity index is 1.06. The molecule has 1 nitrogen and oxygen atoms in total. The zero-order chi connectivity index (χ0) is 34.4. The molecule has 9 aromatic rings. The van der Waals surface area contributed by atoms with Gasteiger partial charge in [-0.1, -0.05) is 164 Å². The fourth-order valence-corrected chi connectivity index (χ4v) is 8.20. The molecular formula is C51H35N. The number of benzene rings is 9. The van der Waals surface area contributed by atoms with Gasteiger partial charge in [0.05, 0.1) is 0 Å². The van der Waals surface area contributed by atoms with Crippen molar-refractivity contribution in [3.05, 3.63) is 223 Å². The Morgan fingerprint density at radius 1 is 0.308 bits per heavy atom. The van der Waals surface area contributed by atoms with Crippen LogP contribution in [0.1, 0.15) is 22.6 Å². The van der Waals surface area contributed by atoms with Crippen LogP contribution >= 0.6 is 0 Å². The maximum absolute atomic E-state index is 2.39. The fraction of sp³-hybridized carbons (Fsp3) is 0.0196. The van der Waals surface area contributed by atoms with Gasteiger partial charge >= 0.3 is 0 Å². The van der Waals surface area contributed by atoms with Crippen LogP contribution in [0, 0.1) is 0 Å². The van der Waals surface area contributed by atoms with E-state index < -0.39 is 0 Å². The van der Waals surface area contributed by atoms with E-state index in [2.05, 4.69) is 211 Å². The molecule has 0 aromatic heterocycles. The molecule has 0 saturated heterocycles. The first-order valence-electron chi connectivity index (χ1n) is 18.0. The zero-order valence-electron chi connectivity index (χ0n) is 28.7. The molecule has 0 aliphatic heterocycles. The highest BCUT2D eigenvalue weighted by atomic mass is 15.1. The smallest absolute Gasteiger partial charge is 0.0468 e. The summed E-state index contributed by atoms with van der Waals surface area (Å²) in [4.78, 5) is 2.38. The lowest BCUT2D eigenvalue weighted by atomic mass is 9.89. The predicted octanol–water partition coefficient (Wildman–Crippen LogP) is 14.0. The second kappa shape index (κ2) is 12.6. The molecule has 9 aromatic carbocycles. The summed E-state index contributed by atoms with van der Waals surface area (Å²) in [5, 5.41) is 5.02. The second-order valence-electron chi connectivity index (χ2n) is 13.7. The van der Waals surface area contributed by atoms with E-state index in [1.54, 1.807) is 0 Å². The minimum Gasteiger partial charge on any atom is -0.310 e. The molecule has 0 N–H and O–H groups in total. The van der Waals surface area contributed by atoms with Crippen molar-refractivity contribution in [3.8, 4) is 33.4 Å². The van der Waals surface area contributed by atoms with Gasteiger partial charge in [0.2, 0.25) is 0 Å². The van der Waals surface area contributed by atoms with Crippen LogP contribution in [-0.4, -0.2) is 0 Å². The average molecular weight is 662 g/mol. The van der Waals surface area contributed by atoms with Gasteiger partial charge < -0.3 is 4.90 Å². The summed E-state index contributed by atoms with van der Waals surface area (Å²) >= 11 is 0. The molecular weight excluding hydrogens is 627 g/mol. The summed E-state index contributed by atoms with van der Waals surface area (Å²) in [6.07, 6.45) is 0. The largest absolute Gasteiger partial charge is 0.310 e. The molecule has 0 bridgehead atoms. The monoisotopic (exact) mass is 661 g/mol. The van der Waals surface area contributed by atoms with E-state index in [-0.39, 0.29) is 5.92 Å². The van der Waals surface area contributed by atoms with Gasteiger partial charge in [0.1, 0.15) is 0 Å². The third kappa shape index (κ3) is 5.18. The fourth-order valence-electron chi connectivity index (χ4n) is 8.20. The van der Waals surface area contributed by atoms with Crippen LogP contribution in [0.2, 0.25) is 0 Å². The van der Waals surface area contributed by atoms with Crippen LogP contribution in [0.4, 0.5) is 17.1 Å². The summed E-state index contributed by atoms with van der Waals surface area (Å²) in [5.41, 5.74) is 15.0. The van der Waals surface area contributed by atoms with Gasteiger partial charge in [0.25, 0.3) is 0 Å². The Morgan fingerprint density at radius 2 is 0.827 bits per heavy atom. The van der Waals surface area contributed by atoms with Gasteiger partial charge in [-0.2, -0.15) is 0 Å². The van der Waals surface area contributed by atoms with Crippen molar-refractivity contribution in [2.75, 3.05) is 4.90 Å². The lowest BCUT2D eigenvalue weighted by Crippen LogP contribution is -2.09. The van der Waals surface area contributed by atoms with Gasteiger partial charge in [-0.05, 0) is 114 Å². The molecule has 0 radical (unpaired) electrons. The highest BCUT2D eigenvalue weighted by molar-refractivity contribution is 6.09. The SMILES string of the molecule is c1ccc(-c2ccc(N(c3ccc(-c4ccc5c(c4)-c4ccccc4C5c4ccccc4)cc3)c3ccc4ccc5ccccc5c4c3)cc2)cc1. The molecule has 244 valence electrons. The Morgan fingerprint density at radius 3 is 1.58 bits per heavy atom. The van der Waals surface area contributed by atoms with E-state index in [1.807, 2.05) is 0 Å². The van der Waals surface area contributed by atoms with Crippen molar-refractivity contribution in [1.29, 1.82) is 0 Å². The van der Waals surface area contributed by atoms with Crippen LogP contribution in [-0.2, 0) is 0 Å². The van der Waals surface area contributed by atoms with E-state index in [4.69, 9.17) is 0 Å². The highest BCUT2D eigenvalue weighted by Gasteiger charge is 2.29. The van der Waals surface area contributed by atoms with Gasteiger partial charge in [-0.3, -0.25) is 0 Å². The first-order chi connectivity index (χ1) is 25.8.